The number of hydrogen-bond acceptors (Lipinski definition) is 2. The van der Waals surface area contributed by atoms with Crippen molar-refractivity contribution in [1.29, 1.82) is 0 Å². The number of nitrogens with zero attached hydrogens (tertiary/aromatic N) is 1. The van der Waals surface area contributed by atoms with Gasteiger partial charge in [-0.25, -0.2) is 0 Å². The lowest BCUT2D eigenvalue weighted by Gasteiger charge is -2.20. The molecule has 2 aromatic rings. The summed E-state index contributed by atoms with van der Waals surface area (Å²) in [5.74, 6) is 0. The summed E-state index contributed by atoms with van der Waals surface area (Å²) in [5, 5.41) is 0. The molecule has 2 nitrogen and oxygen atoms in total. The van der Waals surface area contributed by atoms with E-state index >= 15 is 0 Å². The average Bonchev–Trinajstić information content (AvgIpc) is 2.39. The Balaban J connectivity index is 2.23. The first kappa shape index (κ1) is 12.7. The molecular formula is C16H20N2. The van der Waals surface area contributed by atoms with Crippen molar-refractivity contribution in [2.24, 2.45) is 5.73 Å². The average molecular weight is 240 g/mol. The first-order chi connectivity index (χ1) is 8.58. The van der Waals surface area contributed by atoms with Crippen LogP contribution in [0.5, 0.6) is 0 Å². The maximum absolute atomic E-state index is 5.85. The summed E-state index contributed by atoms with van der Waals surface area (Å²) in [7, 11) is 2.07. The van der Waals surface area contributed by atoms with Gasteiger partial charge in [-0.05, 0) is 43.7 Å². The van der Waals surface area contributed by atoms with E-state index in [9.17, 15) is 0 Å². The predicted octanol–water partition coefficient (Wildman–Crippen LogP) is 3.78. The van der Waals surface area contributed by atoms with Gasteiger partial charge >= 0.3 is 0 Å². The van der Waals surface area contributed by atoms with Crippen molar-refractivity contribution >= 4 is 11.4 Å². The highest BCUT2D eigenvalue weighted by Crippen LogP contribution is 2.24. The Morgan fingerprint density at radius 3 is 1.78 bits per heavy atom. The van der Waals surface area contributed by atoms with E-state index in [0.29, 0.717) is 0 Å². The van der Waals surface area contributed by atoms with Crippen molar-refractivity contribution in [2.45, 2.75) is 19.9 Å². The van der Waals surface area contributed by atoms with Crippen LogP contribution in [0.25, 0.3) is 0 Å². The van der Waals surface area contributed by atoms with Gasteiger partial charge in [0, 0.05) is 24.5 Å². The fourth-order valence-electron chi connectivity index (χ4n) is 1.92. The third kappa shape index (κ3) is 2.71. The number of aryl methyl sites for hydroxylation is 1. The molecule has 0 saturated carbocycles. The summed E-state index contributed by atoms with van der Waals surface area (Å²) < 4.78 is 0. The highest BCUT2D eigenvalue weighted by Gasteiger charge is 2.04. The normalized spacial score (nSPS) is 12.2. The lowest BCUT2D eigenvalue weighted by molar-refractivity contribution is 0.818. The Kier molecular flexibility index (Phi) is 3.68. The van der Waals surface area contributed by atoms with E-state index in [4.69, 9.17) is 5.73 Å². The molecule has 2 rings (SSSR count). The Morgan fingerprint density at radius 2 is 1.33 bits per heavy atom. The van der Waals surface area contributed by atoms with Crippen LogP contribution < -0.4 is 10.6 Å². The van der Waals surface area contributed by atoms with E-state index in [-0.39, 0.29) is 6.04 Å². The van der Waals surface area contributed by atoms with E-state index in [1.165, 1.54) is 16.9 Å². The van der Waals surface area contributed by atoms with Crippen molar-refractivity contribution in [3.05, 3.63) is 59.7 Å². The van der Waals surface area contributed by atoms with Crippen LogP contribution in [0.2, 0.25) is 0 Å². The van der Waals surface area contributed by atoms with Crippen LogP contribution in [0.15, 0.2) is 48.5 Å². The van der Waals surface area contributed by atoms with Gasteiger partial charge in [0.25, 0.3) is 0 Å². The van der Waals surface area contributed by atoms with E-state index in [1.54, 1.807) is 0 Å². The number of benzene rings is 2. The summed E-state index contributed by atoms with van der Waals surface area (Å²) in [6.07, 6.45) is 0. The highest BCUT2D eigenvalue weighted by molar-refractivity contribution is 5.62. The topological polar surface area (TPSA) is 29.3 Å². The van der Waals surface area contributed by atoms with Crippen LogP contribution in [0.1, 0.15) is 24.1 Å². The molecule has 1 unspecified atom stereocenters. The van der Waals surface area contributed by atoms with Crippen LogP contribution in [-0.2, 0) is 0 Å². The van der Waals surface area contributed by atoms with Gasteiger partial charge in [0.05, 0.1) is 0 Å². The van der Waals surface area contributed by atoms with Crippen LogP contribution in [0.3, 0.4) is 0 Å². The zero-order valence-electron chi connectivity index (χ0n) is 11.2. The first-order valence-corrected chi connectivity index (χ1v) is 6.24. The van der Waals surface area contributed by atoms with Crippen LogP contribution >= 0.6 is 0 Å². The van der Waals surface area contributed by atoms with Gasteiger partial charge in [0.2, 0.25) is 0 Å². The Labute approximate surface area is 109 Å². The number of hydrogen-bond donors (Lipinski definition) is 1. The Morgan fingerprint density at radius 1 is 0.889 bits per heavy atom. The second-order valence-electron chi connectivity index (χ2n) is 4.77. The molecule has 0 aliphatic rings. The second kappa shape index (κ2) is 5.23. The molecule has 2 heteroatoms. The molecule has 1 atom stereocenters. The molecule has 18 heavy (non-hydrogen) atoms. The summed E-state index contributed by atoms with van der Waals surface area (Å²) in [6.45, 7) is 4.10. The summed E-state index contributed by atoms with van der Waals surface area (Å²) in [4.78, 5) is 2.17. The molecule has 0 radical (unpaired) electrons. The van der Waals surface area contributed by atoms with Gasteiger partial charge in [-0.15, -0.1) is 0 Å². The standard InChI is InChI=1S/C16H20N2/c1-12-4-8-15(9-5-12)18(3)16-10-6-14(7-11-16)13(2)17/h4-11,13H,17H2,1-3H3. The molecule has 0 fully saturated rings. The van der Waals surface area contributed by atoms with E-state index < -0.39 is 0 Å². The molecule has 2 N–H and O–H groups in total. The molecule has 0 amide bonds. The van der Waals surface area contributed by atoms with Crippen LogP contribution in [0.4, 0.5) is 11.4 Å². The fraction of sp³-hybridized carbons (Fsp3) is 0.250. The SMILES string of the molecule is Cc1ccc(N(C)c2ccc(C(C)N)cc2)cc1. The largest absolute Gasteiger partial charge is 0.345 e. The van der Waals surface area contributed by atoms with Crippen molar-refractivity contribution in [3.63, 3.8) is 0 Å². The van der Waals surface area contributed by atoms with Gasteiger partial charge in [0.15, 0.2) is 0 Å². The molecule has 0 heterocycles. The molecule has 0 aliphatic heterocycles. The first-order valence-electron chi connectivity index (χ1n) is 6.24. The van der Waals surface area contributed by atoms with Crippen molar-refractivity contribution in [3.8, 4) is 0 Å². The van der Waals surface area contributed by atoms with Gasteiger partial charge in [-0.1, -0.05) is 29.8 Å². The quantitative estimate of drug-likeness (QED) is 0.884. The minimum atomic E-state index is 0.0868. The van der Waals surface area contributed by atoms with Gasteiger partial charge in [-0.3, -0.25) is 0 Å². The van der Waals surface area contributed by atoms with Crippen molar-refractivity contribution < 1.29 is 0 Å². The van der Waals surface area contributed by atoms with E-state index in [1.807, 2.05) is 6.92 Å². The smallest absolute Gasteiger partial charge is 0.0408 e. The van der Waals surface area contributed by atoms with Gasteiger partial charge in [-0.2, -0.15) is 0 Å². The van der Waals surface area contributed by atoms with Crippen LogP contribution in [-0.4, -0.2) is 7.05 Å². The Bertz CT molecular complexity index is 498. The number of nitrogens with two attached hydrogens (primary N) is 1. The number of rotatable bonds is 3. The molecule has 0 spiro atoms. The Hall–Kier alpha value is -1.80. The third-order valence-electron chi connectivity index (χ3n) is 3.23. The highest BCUT2D eigenvalue weighted by atomic mass is 15.1. The van der Waals surface area contributed by atoms with Crippen molar-refractivity contribution in [1.82, 2.24) is 0 Å². The zero-order chi connectivity index (χ0) is 13.1. The van der Waals surface area contributed by atoms with Crippen LogP contribution in [0, 0.1) is 6.92 Å². The minimum Gasteiger partial charge on any atom is -0.345 e. The molecule has 2 aromatic carbocycles. The van der Waals surface area contributed by atoms with E-state index in [0.717, 1.165) is 5.56 Å². The van der Waals surface area contributed by atoms with Gasteiger partial charge < -0.3 is 10.6 Å². The summed E-state index contributed by atoms with van der Waals surface area (Å²) in [6, 6.07) is 17.0. The zero-order valence-corrected chi connectivity index (χ0v) is 11.2. The molecule has 0 saturated heterocycles. The lowest BCUT2D eigenvalue weighted by atomic mass is 10.1. The summed E-state index contributed by atoms with van der Waals surface area (Å²) >= 11 is 0. The summed E-state index contributed by atoms with van der Waals surface area (Å²) in [5.41, 5.74) is 10.7. The maximum atomic E-state index is 5.85. The molecule has 0 aliphatic carbocycles. The van der Waals surface area contributed by atoms with E-state index in [2.05, 4.69) is 67.4 Å². The van der Waals surface area contributed by atoms with Crippen molar-refractivity contribution in [2.75, 3.05) is 11.9 Å². The molecule has 94 valence electrons. The predicted molar refractivity (Wildman–Crippen MR) is 78.3 cm³/mol. The van der Waals surface area contributed by atoms with Gasteiger partial charge in [0.1, 0.15) is 0 Å². The monoisotopic (exact) mass is 240 g/mol. The fourth-order valence-corrected chi connectivity index (χ4v) is 1.92. The lowest BCUT2D eigenvalue weighted by Crippen LogP contribution is -2.10. The third-order valence-corrected chi connectivity index (χ3v) is 3.23. The number of anilines is 2. The molecule has 0 aromatic heterocycles. The second-order valence-corrected chi connectivity index (χ2v) is 4.77. The maximum Gasteiger partial charge on any atom is 0.0408 e. The molecule has 0 bridgehead atoms. The molecular weight excluding hydrogens is 220 g/mol. The minimum absolute atomic E-state index is 0.0868.